The molecular formula is C11H19N3O2. The summed E-state index contributed by atoms with van der Waals surface area (Å²) >= 11 is 0. The molecule has 0 aliphatic heterocycles. The monoisotopic (exact) mass is 225 g/mol. The molecule has 0 fully saturated rings. The zero-order valence-corrected chi connectivity index (χ0v) is 10.5. The molecule has 0 spiro atoms. The number of aromatic nitrogens is 2. The highest BCUT2D eigenvalue weighted by Crippen LogP contribution is 2.26. The fraction of sp³-hybridized carbons (Fsp3) is 0.636. The lowest BCUT2D eigenvalue weighted by molar-refractivity contribution is 0.112. The van der Waals surface area contributed by atoms with Gasteiger partial charge in [0, 0.05) is 14.1 Å². The van der Waals surface area contributed by atoms with E-state index in [1.54, 1.807) is 18.7 Å². The summed E-state index contributed by atoms with van der Waals surface area (Å²) in [5.74, 6) is 0.728. The fourth-order valence-corrected chi connectivity index (χ4v) is 1.59. The lowest BCUT2D eigenvalue weighted by atomic mass is 10.0. The number of aldehydes is 1. The molecule has 0 amide bonds. The van der Waals surface area contributed by atoms with Crippen LogP contribution in [-0.4, -0.2) is 40.4 Å². The summed E-state index contributed by atoms with van der Waals surface area (Å²) in [4.78, 5) is 12.9. The molecule has 0 atom stereocenters. The second-order valence-corrected chi connectivity index (χ2v) is 4.59. The van der Waals surface area contributed by atoms with E-state index in [1.807, 2.05) is 25.8 Å². The van der Waals surface area contributed by atoms with Gasteiger partial charge in [-0.25, -0.2) is 0 Å². The van der Waals surface area contributed by atoms with E-state index >= 15 is 0 Å². The van der Waals surface area contributed by atoms with Gasteiger partial charge in [-0.3, -0.25) is 9.48 Å². The van der Waals surface area contributed by atoms with Crippen molar-refractivity contribution in [2.45, 2.75) is 26.3 Å². The molecule has 0 saturated heterocycles. The Hall–Kier alpha value is -1.36. The van der Waals surface area contributed by atoms with Gasteiger partial charge < -0.3 is 10.0 Å². The SMILES string of the molecule is Cc1nn(C)c(N(C)C(C)(C)CO)c1C=O. The van der Waals surface area contributed by atoms with Gasteiger partial charge in [-0.1, -0.05) is 0 Å². The Morgan fingerprint density at radius 1 is 1.56 bits per heavy atom. The van der Waals surface area contributed by atoms with Crippen molar-refractivity contribution in [2.24, 2.45) is 7.05 Å². The lowest BCUT2D eigenvalue weighted by Gasteiger charge is -2.35. The van der Waals surface area contributed by atoms with Crippen LogP contribution in [0.1, 0.15) is 29.9 Å². The Morgan fingerprint density at radius 2 is 2.12 bits per heavy atom. The van der Waals surface area contributed by atoms with E-state index in [0.717, 1.165) is 12.1 Å². The van der Waals surface area contributed by atoms with E-state index in [9.17, 15) is 9.90 Å². The molecule has 16 heavy (non-hydrogen) atoms. The first kappa shape index (κ1) is 12.7. The van der Waals surface area contributed by atoms with E-state index in [1.165, 1.54) is 0 Å². The smallest absolute Gasteiger partial charge is 0.155 e. The number of anilines is 1. The average Bonchev–Trinajstić information content (AvgIpc) is 2.51. The van der Waals surface area contributed by atoms with Crippen LogP contribution in [0.2, 0.25) is 0 Å². The molecule has 0 aromatic carbocycles. The van der Waals surface area contributed by atoms with Crippen LogP contribution < -0.4 is 4.90 Å². The molecular weight excluding hydrogens is 206 g/mol. The molecule has 90 valence electrons. The first-order valence-corrected chi connectivity index (χ1v) is 5.18. The summed E-state index contributed by atoms with van der Waals surface area (Å²) in [5, 5.41) is 13.5. The minimum atomic E-state index is -0.433. The molecule has 1 aromatic rings. The van der Waals surface area contributed by atoms with Crippen molar-refractivity contribution in [3.05, 3.63) is 11.3 Å². The second-order valence-electron chi connectivity index (χ2n) is 4.59. The molecule has 0 aliphatic rings. The Morgan fingerprint density at radius 3 is 2.56 bits per heavy atom. The largest absolute Gasteiger partial charge is 0.394 e. The predicted octanol–water partition coefficient (Wildman–Crippen LogP) is 0.748. The van der Waals surface area contributed by atoms with E-state index in [2.05, 4.69) is 5.10 Å². The zero-order valence-electron chi connectivity index (χ0n) is 10.5. The Bertz CT molecular complexity index is 396. The number of aryl methyl sites for hydroxylation is 2. The van der Waals surface area contributed by atoms with Crippen LogP contribution in [0, 0.1) is 6.92 Å². The molecule has 0 unspecified atom stereocenters. The van der Waals surface area contributed by atoms with Crippen molar-refractivity contribution in [3.63, 3.8) is 0 Å². The number of hydrogen-bond acceptors (Lipinski definition) is 4. The first-order chi connectivity index (χ1) is 7.35. The van der Waals surface area contributed by atoms with Gasteiger partial charge in [0.15, 0.2) is 6.29 Å². The first-order valence-electron chi connectivity index (χ1n) is 5.18. The maximum Gasteiger partial charge on any atom is 0.155 e. The van der Waals surface area contributed by atoms with Gasteiger partial charge in [0.1, 0.15) is 5.82 Å². The van der Waals surface area contributed by atoms with Crippen LogP contribution >= 0.6 is 0 Å². The van der Waals surface area contributed by atoms with Crippen LogP contribution in [0.25, 0.3) is 0 Å². The third-order valence-electron chi connectivity index (χ3n) is 2.97. The topological polar surface area (TPSA) is 58.4 Å². The Kier molecular flexibility index (Phi) is 3.38. The number of rotatable bonds is 4. The summed E-state index contributed by atoms with van der Waals surface area (Å²) in [5.41, 5.74) is 0.845. The number of likely N-dealkylation sites (N-methyl/N-ethyl adjacent to an activating group) is 1. The predicted molar refractivity (Wildman–Crippen MR) is 62.9 cm³/mol. The van der Waals surface area contributed by atoms with E-state index < -0.39 is 5.54 Å². The molecule has 1 heterocycles. The summed E-state index contributed by atoms with van der Waals surface area (Å²) in [6.45, 7) is 5.62. The summed E-state index contributed by atoms with van der Waals surface area (Å²) in [6.07, 6.45) is 0.807. The summed E-state index contributed by atoms with van der Waals surface area (Å²) < 4.78 is 1.66. The van der Waals surface area contributed by atoms with Gasteiger partial charge in [0.2, 0.25) is 0 Å². The van der Waals surface area contributed by atoms with Crippen LogP contribution in [0.3, 0.4) is 0 Å². The molecule has 5 nitrogen and oxygen atoms in total. The molecule has 0 bridgehead atoms. The zero-order chi connectivity index (χ0) is 12.5. The average molecular weight is 225 g/mol. The van der Waals surface area contributed by atoms with Crippen molar-refractivity contribution in [3.8, 4) is 0 Å². The minimum Gasteiger partial charge on any atom is -0.394 e. The summed E-state index contributed by atoms with van der Waals surface area (Å²) in [6, 6.07) is 0. The van der Waals surface area contributed by atoms with Gasteiger partial charge in [-0.15, -0.1) is 0 Å². The van der Waals surface area contributed by atoms with Crippen LogP contribution in [0.4, 0.5) is 5.82 Å². The summed E-state index contributed by atoms with van der Waals surface area (Å²) in [7, 11) is 3.64. The van der Waals surface area contributed by atoms with Crippen molar-refractivity contribution in [1.29, 1.82) is 0 Å². The van der Waals surface area contributed by atoms with E-state index in [0.29, 0.717) is 11.3 Å². The maximum absolute atomic E-state index is 11.0. The molecule has 5 heteroatoms. The standard InChI is InChI=1S/C11H19N3O2/c1-8-9(6-15)10(14(5)12-8)13(4)11(2,3)7-16/h6,16H,7H2,1-5H3. The highest BCUT2D eigenvalue weighted by molar-refractivity contribution is 5.85. The number of carbonyl (C=O) groups is 1. The third kappa shape index (κ3) is 1.95. The minimum absolute atomic E-state index is 0.00598. The van der Waals surface area contributed by atoms with Gasteiger partial charge in [-0.2, -0.15) is 5.10 Å². The number of aliphatic hydroxyl groups excluding tert-OH is 1. The highest BCUT2D eigenvalue weighted by atomic mass is 16.3. The number of hydrogen-bond donors (Lipinski definition) is 1. The van der Waals surface area contributed by atoms with E-state index in [4.69, 9.17) is 0 Å². The number of aliphatic hydroxyl groups is 1. The van der Waals surface area contributed by atoms with Gasteiger partial charge in [-0.05, 0) is 20.8 Å². The number of carbonyl (C=O) groups excluding carboxylic acids is 1. The van der Waals surface area contributed by atoms with Crippen molar-refractivity contribution < 1.29 is 9.90 Å². The van der Waals surface area contributed by atoms with Crippen LogP contribution in [0.15, 0.2) is 0 Å². The van der Waals surface area contributed by atoms with Crippen molar-refractivity contribution >= 4 is 12.1 Å². The number of nitrogens with zero attached hydrogens (tertiary/aromatic N) is 3. The van der Waals surface area contributed by atoms with Crippen LogP contribution in [0.5, 0.6) is 0 Å². The Labute approximate surface area is 95.7 Å². The maximum atomic E-state index is 11.0. The lowest BCUT2D eigenvalue weighted by Crippen LogP contribution is -2.45. The van der Waals surface area contributed by atoms with Gasteiger partial charge in [0.25, 0.3) is 0 Å². The van der Waals surface area contributed by atoms with Crippen LogP contribution in [-0.2, 0) is 7.05 Å². The van der Waals surface area contributed by atoms with E-state index in [-0.39, 0.29) is 6.61 Å². The fourth-order valence-electron chi connectivity index (χ4n) is 1.59. The Balaban J connectivity index is 3.27. The third-order valence-corrected chi connectivity index (χ3v) is 2.97. The molecule has 0 aliphatic carbocycles. The quantitative estimate of drug-likeness (QED) is 0.768. The highest BCUT2D eigenvalue weighted by Gasteiger charge is 2.28. The van der Waals surface area contributed by atoms with Gasteiger partial charge >= 0.3 is 0 Å². The van der Waals surface area contributed by atoms with Crippen molar-refractivity contribution in [2.75, 3.05) is 18.6 Å². The molecule has 1 N–H and O–H groups in total. The molecule has 0 saturated carbocycles. The molecule has 1 rings (SSSR count). The van der Waals surface area contributed by atoms with Crippen molar-refractivity contribution in [1.82, 2.24) is 9.78 Å². The molecule has 1 aromatic heterocycles. The normalized spacial score (nSPS) is 11.6. The molecule has 0 radical (unpaired) electrons. The van der Waals surface area contributed by atoms with Gasteiger partial charge in [0.05, 0.1) is 23.4 Å². The second kappa shape index (κ2) is 4.25.